The molecule has 7 rings (SSSR count). The van der Waals surface area contributed by atoms with Gasteiger partial charge in [0.15, 0.2) is 5.78 Å². The lowest BCUT2D eigenvalue weighted by molar-refractivity contribution is -0.144. The number of nitrogens with one attached hydrogen (secondary N) is 1. The lowest BCUT2D eigenvalue weighted by Gasteiger charge is -2.61. The number of piperidine rings is 1. The summed E-state index contributed by atoms with van der Waals surface area (Å²) in [7, 11) is 0. The average molecular weight is 322 g/mol. The van der Waals surface area contributed by atoms with Crippen molar-refractivity contribution in [3.05, 3.63) is 29.8 Å². The van der Waals surface area contributed by atoms with Crippen LogP contribution in [0.4, 0.5) is 5.69 Å². The van der Waals surface area contributed by atoms with Gasteiger partial charge in [-0.1, -0.05) is 18.2 Å². The predicted octanol–water partition coefficient (Wildman–Crippen LogP) is 1.68. The summed E-state index contributed by atoms with van der Waals surface area (Å²) in [6.07, 6.45) is 5.07. The average Bonchev–Trinajstić information content (AvgIpc) is 3.09. The molecule has 3 aliphatic carbocycles. The molecule has 6 atom stereocenters. The number of anilines is 1. The molecule has 1 spiro atoms. The van der Waals surface area contributed by atoms with Crippen molar-refractivity contribution in [1.29, 1.82) is 0 Å². The van der Waals surface area contributed by atoms with Crippen LogP contribution in [0.25, 0.3) is 0 Å². The van der Waals surface area contributed by atoms with Crippen LogP contribution in [0.1, 0.15) is 37.7 Å². The molecule has 2 saturated heterocycles. The van der Waals surface area contributed by atoms with Crippen molar-refractivity contribution in [1.82, 2.24) is 4.90 Å². The molecular formula is C20H22N2O2. The van der Waals surface area contributed by atoms with Crippen molar-refractivity contribution >= 4 is 11.5 Å². The summed E-state index contributed by atoms with van der Waals surface area (Å²) < 4.78 is 0. The van der Waals surface area contributed by atoms with Gasteiger partial charge in [0, 0.05) is 24.2 Å². The Morgan fingerprint density at radius 2 is 2.08 bits per heavy atom. The summed E-state index contributed by atoms with van der Waals surface area (Å²) in [6.45, 7) is 2.03. The molecule has 0 radical (unpaired) electrons. The Hall–Kier alpha value is -1.39. The first-order chi connectivity index (χ1) is 11.6. The molecule has 1 aromatic carbocycles. The van der Waals surface area contributed by atoms with Gasteiger partial charge in [0.1, 0.15) is 11.1 Å². The molecule has 0 amide bonds. The molecule has 3 aliphatic heterocycles. The molecule has 3 heterocycles. The van der Waals surface area contributed by atoms with E-state index in [2.05, 4.69) is 34.5 Å². The second-order valence-corrected chi connectivity index (χ2v) is 9.29. The Labute approximate surface area is 141 Å². The van der Waals surface area contributed by atoms with E-state index in [4.69, 9.17) is 0 Å². The first-order valence-corrected chi connectivity index (χ1v) is 9.48. The Morgan fingerprint density at radius 1 is 1.21 bits per heavy atom. The van der Waals surface area contributed by atoms with Crippen molar-refractivity contribution in [3.63, 3.8) is 0 Å². The summed E-state index contributed by atoms with van der Waals surface area (Å²) in [5, 5.41) is 15.4. The number of rotatable bonds is 0. The molecule has 2 N–H and O–H groups in total. The molecule has 3 saturated carbocycles. The lowest BCUT2D eigenvalue weighted by Crippen LogP contribution is -2.70. The Morgan fingerprint density at radius 3 is 3.00 bits per heavy atom. The van der Waals surface area contributed by atoms with E-state index in [1.54, 1.807) is 0 Å². The van der Waals surface area contributed by atoms with Gasteiger partial charge in [-0.2, -0.15) is 0 Å². The fourth-order valence-corrected chi connectivity index (χ4v) is 8.60. The zero-order valence-electron chi connectivity index (χ0n) is 13.7. The van der Waals surface area contributed by atoms with E-state index in [1.807, 2.05) is 0 Å². The van der Waals surface area contributed by atoms with Crippen LogP contribution in [-0.2, 0) is 10.2 Å². The number of aliphatic hydroxyl groups is 1. The van der Waals surface area contributed by atoms with Crippen LogP contribution in [0, 0.1) is 11.3 Å². The van der Waals surface area contributed by atoms with Gasteiger partial charge in [-0.3, -0.25) is 9.69 Å². The standard InChI is InChI=1S/C20H22N2O2/c23-16-18(24)11-17-6-3-9-22-10-14(18)20(15(17)22)12-4-1-2-5-13(12)21-19(16,20)8-7-17/h1-2,4-5,14-15,21,24H,3,6-11H2/t14?,15-,17+,18?,19+,20-/m0/s1. The van der Waals surface area contributed by atoms with E-state index in [9.17, 15) is 9.90 Å². The van der Waals surface area contributed by atoms with Gasteiger partial charge in [0.25, 0.3) is 0 Å². The first-order valence-electron chi connectivity index (χ1n) is 9.48. The van der Waals surface area contributed by atoms with E-state index in [0.717, 1.165) is 31.6 Å². The van der Waals surface area contributed by atoms with Crippen LogP contribution >= 0.6 is 0 Å². The van der Waals surface area contributed by atoms with Crippen LogP contribution in [-0.4, -0.2) is 46.1 Å². The number of Topliss-reactive ketones (excluding diaryl/α,β-unsaturated/α-hetero) is 1. The Bertz CT molecular complexity index is 839. The number of nitrogens with zero attached hydrogens (tertiary/aromatic N) is 1. The summed E-state index contributed by atoms with van der Waals surface area (Å²) in [4.78, 5) is 16.3. The highest BCUT2D eigenvalue weighted by Crippen LogP contribution is 2.79. The molecule has 5 fully saturated rings. The quantitative estimate of drug-likeness (QED) is 0.763. The number of carbonyl (C=O) groups is 1. The van der Waals surface area contributed by atoms with Crippen LogP contribution in [0.2, 0.25) is 0 Å². The highest BCUT2D eigenvalue weighted by molar-refractivity contribution is 6.07. The van der Waals surface area contributed by atoms with E-state index < -0.39 is 11.1 Å². The number of hydrogen-bond acceptors (Lipinski definition) is 4. The number of hydrogen-bond donors (Lipinski definition) is 2. The molecule has 4 nitrogen and oxygen atoms in total. The minimum atomic E-state index is -1.12. The van der Waals surface area contributed by atoms with Gasteiger partial charge >= 0.3 is 0 Å². The largest absolute Gasteiger partial charge is 0.382 e. The monoisotopic (exact) mass is 322 g/mol. The Kier molecular flexibility index (Phi) is 1.78. The lowest BCUT2D eigenvalue weighted by atomic mass is 9.45. The fourth-order valence-electron chi connectivity index (χ4n) is 8.60. The third-order valence-electron chi connectivity index (χ3n) is 8.87. The highest BCUT2D eigenvalue weighted by Gasteiger charge is 2.90. The molecule has 2 unspecified atom stereocenters. The maximum absolute atomic E-state index is 13.7. The number of para-hydroxylation sites is 1. The molecule has 124 valence electrons. The predicted molar refractivity (Wildman–Crippen MR) is 88.8 cm³/mol. The fraction of sp³-hybridized carbons (Fsp3) is 0.650. The topological polar surface area (TPSA) is 52.6 Å². The zero-order chi connectivity index (χ0) is 15.9. The maximum atomic E-state index is 13.7. The van der Waals surface area contributed by atoms with Crippen LogP contribution in [0.15, 0.2) is 24.3 Å². The molecule has 24 heavy (non-hydrogen) atoms. The normalized spacial score (nSPS) is 55.5. The smallest absolute Gasteiger partial charge is 0.190 e. The van der Waals surface area contributed by atoms with Crippen LogP contribution in [0.5, 0.6) is 0 Å². The molecule has 5 bridgehead atoms. The molecule has 6 aliphatic rings. The summed E-state index contributed by atoms with van der Waals surface area (Å²) >= 11 is 0. The highest BCUT2D eigenvalue weighted by atomic mass is 16.3. The van der Waals surface area contributed by atoms with Crippen molar-refractivity contribution in [2.24, 2.45) is 11.3 Å². The maximum Gasteiger partial charge on any atom is 0.190 e. The molecular weight excluding hydrogens is 300 g/mol. The molecule has 1 aromatic rings. The number of benzene rings is 1. The van der Waals surface area contributed by atoms with E-state index in [1.165, 1.54) is 18.4 Å². The van der Waals surface area contributed by atoms with Gasteiger partial charge < -0.3 is 10.4 Å². The molecule has 0 aromatic heterocycles. The van der Waals surface area contributed by atoms with Crippen molar-refractivity contribution in [2.75, 3.05) is 18.4 Å². The van der Waals surface area contributed by atoms with Crippen LogP contribution < -0.4 is 5.32 Å². The van der Waals surface area contributed by atoms with Crippen molar-refractivity contribution in [3.8, 4) is 0 Å². The minimum absolute atomic E-state index is 0.0603. The van der Waals surface area contributed by atoms with Gasteiger partial charge in [-0.05, 0) is 55.7 Å². The third-order valence-corrected chi connectivity index (χ3v) is 8.87. The van der Waals surface area contributed by atoms with Crippen molar-refractivity contribution in [2.45, 2.75) is 54.7 Å². The van der Waals surface area contributed by atoms with Crippen LogP contribution in [0.3, 0.4) is 0 Å². The van der Waals surface area contributed by atoms with E-state index >= 15 is 0 Å². The van der Waals surface area contributed by atoms with E-state index in [0.29, 0.717) is 12.5 Å². The summed E-state index contributed by atoms with van der Waals surface area (Å²) in [6, 6.07) is 8.97. The number of ketones is 1. The van der Waals surface area contributed by atoms with Gasteiger partial charge in [0.05, 0.1) is 5.41 Å². The number of fused-ring (bicyclic) bond motifs is 1. The van der Waals surface area contributed by atoms with E-state index in [-0.39, 0.29) is 22.5 Å². The second kappa shape index (κ2) is 3.32. The molecule has 4 heteroatoms. The zero-order valence-corrected chi connectivity index (χ0v) is 13.7. The van der Waals surface area contributed by atoms with Gasteiger partial charge in [-0.15, -0.1) is 0 Å². The SMILES string of the molecule is O=C1C2(O)C[C@@]34CCCN5CC2[C@@]2(c6ccccc6N[C@]12CC3)[C@@H]54. The van der Waals surface area contributed by atoms with Gasteiger partial charge in [0.2, 0.25) is 0 Å². The van der Waals surface area contributed by atoms with Crippen molar-refractivity contribution < 1.29 is 9.90 Å². The van der Waals surface area contributed by atoms with Gasteiger partial charge in [-0.25, -0.2) is 0 Å². The second-order valence-electron chi connectivity index (χ2n) is 9.29. The number of carbonyl (C=O) groups excluding carboxylic acids is 1. The first kappa shape index (κ1) is 12.9. The summed E-state index contributed by atoms with van der Waals surface area (Å²) in [5.74, 6) is 0.173. The minimum Gasteiger partial charge on any atom is -0.382 e. The summed E-state index contributed by atoms with van der Waals surface area (Å²) in [5.41, 5.74) is 0.709. The third kappa shape index (κ3) is 0.904. The Balaban J connectivity index is 1.66.